The van der Waals surface area contributed by atoms with Gasteiger partial charge in [-0.3, -0.25) is 14.5 Å². The summed E-state index contributed by atoms with van der Waals surface area (Å²) >= 11 is 18.3. The molecule has 2 aliphatic heterocycles. The summed E-state index contributed by atoms with van der Waals surface area (Å²) in [4.78, 5) is 29.0. The molecule has 2 aromatic carbocycles. The molecule has 2 aliphatic rings. The zero-order chi connectivity index (χ0) is 26.2. The SMILES string of the molecule is C=CCN1C=C2N(C(=O)CCN2S(=O)(=O)c2cc(Cl)ccc2OC)C(Cc2ccc(Cl)c(Cl)c2)C1=O. The summed E-state index contributed by atoms with van der Waals surface area (Å²) in [5.74, 6) is -0.592. The standard InChI is InChI=1S/C24H22Cl3N3O5S/c1-3-9-28-14-22-29(36(33,34)21-13-16(25)5-7-20(21)35-2)10-8-23(31)30(22)19(24(28)32)12-15-4-6-17(26)18(27)11-15/h3-7,11,13-14,19H,1,8-10,12H2,2H3. The van der Waals surface area contributed by atoms with E-state index in [1.165, 1.54) is 47.4 Å². The number of hydrogen-bond donors (Lipinski definition) is 0. The molecule has 0 aromatic heterocycles. The Morgan fingerprint density at radius 2 is 1.86 bits per heavy atom. The molecule has 8 nitrogen and oxygen atoms in total. The van der Waals surface area contributed by atoms with Crippen molar-refractivity contribution in [1.29, 1.82) is 0 Å². The van der Waals surface area contributed by atoms with Crippen LogP contribution in [0.15, 0.2) is 66.0 Å². The zero-order valence-corrected chi connectivity index (χ0v) is 22.2. The normalized spacial score (nSPS) is 18.2. The molecule has 0 aliphatic carbocycles. The molecule has 0 bridgehead atoms. The minimum absolute atomic E-state index is 0.0554. The second-order valence-corrected chi connectivity index (χ2v) is 11.2. The first-order valence-corrected chi connectivity index (χ1v) is 13.4. The predicted octanol–water partition coefficient (Wildman–Crippen LogP) is 4.32. The Morgan fingerprint density at radius 3 is 2.53 bits per heavy atom. The molecule has 0 N–H and O–H groups in total. The van der Waals surface area contributed by atoms with E-state index in [9.17, 15) is 18.0 Å². The second kappa shape index (κ2) is 10.3. The molecule has 1 saturated heterocycles. The number of methoxy groups -OCH3 is 1. The monoisotopic (exact) mass is 569 g/mol. The molecular weight excluding hydrogens is 549 g/mol. The van der Waals surface area contributed by atoms with Gasteiger partial charge in [0.1, 0.15) is 22.5 Å². The fraction of sp³-hybridized carbons (Fsp3) is 0.250. The van der Waals surface area contributed by atoms with Gasteiger partial charge in [-0.2, -0.15) is 0 Å². The number of carbonyl (C=O) groups excluding carboxylic acids is 2. The molecule has 0 saturated carbocycles. The van der Waals surface area contributed by atoms with Crippen molar-refractivity contribution in [2.45, 2.75) is 23.8 Å². The molecular formula is C24H22Cl3N3O5S. The lowest BCUT2D eigenvalue weighted by molar-refractivity contribution is -0.147. The largest absolute Gasteiger partial charge is 0.495 e. The zero-order valence-electron chi connectivity index (χ0n) is 19.2. The maximum Gasteiger partial charge on any atom is 0.269 e. The maximum atomic E-state index is 13.8. The number of nitrogens with zero attached hydrogens (tertiary/aromatic N) is 3. The number of fused-ring (bicyclic) bond motifs is 1. The van der Waals surface area contributed by atoms with E-state index in [0.717, 1.165) is 4.31 Å². The Labute approximate surface area is 224 Å². The Balaban J connectivity index is 1.82. The third-order valence-electron chi connectivity index (χ3n) is 5.88. The van der Waals surface area contributed by atoms with E-state index in [-0.39, 0.29) is 59.2 Å². The van der Waals surface area contributed by atoms with Crippen LogP contribution >= 0.6 is 34.8 Å². The summed E-state index contributed by atoms with van der Waals surface area (Å²) in [6, 6.07) is 8.18. The summed E-state index contributed by atoms with van der Waals surface area (Å²) in [6.07, 6.45) is 2.86. The van der Waals surface area contributed by atoms with Crippen LogP contribution in [0.5, 0.6) is 5.75 Å². The third-order valence-corrected chi connectivity index (χ3v) is 8.68. The molecule has 36 heavy (non-hydrogen) atoms. The van der Waals surface area contributed by atoms with Crippen LogP contribution in [0.4, 0.5) is 0 Å². The fourth-order valence-corrected chi connectivity index (χ4v) is 6.40. The molecule has 1 fully saturated rings. The molecule has 0 radical (unpaired) electrons. The molecule has 1 atom stereocenters. The predicted molar refractivity (Wildman–Crippen MR) is 137 cm³/mol. The molecule has 0 spiro atoms. The highest BCUT2D eigenvalue weighted by Gasteiger charge is 2.46. The van der Waals surface area contributed by atoms with Crippen molar-refractivity contribution in [3.05, 3.63) is 81.7 Å². The number of carbonyl (C=O) groups is 2. The van der Waals surface area contributed by atoms with Crippen molar-refractivity contribution in [3.63, 3.8) is 0 Å². The third kappa shape index (κ3) is 4.80. The van der Waals surface area contributed by atoms with Crippen molar-refractivity contribution in [2.75, 3.05) is 20.2 Å². The molecule has 190 valence electrons. The Kier molecular flexibility index (Phi) is 7.56. The van der Waals surface area contributed by atoms with Gasteiger partial charge in [0, 0.05) is 37.2 Å². The van der Waals surface area contributed by atoms with Crippen molar-refractivity contribution in [3.8, 4) is 5.75 Å². The summed E-state index contributed by atoms with van der Waals surface area (Å²) in [6.45, 7) is 3.69. The van der Waals surface area contributed by atoms with Crippen molar-refractivity contribution >= 4 is 56.6 Å². The van der Waals surface area contributed by atoms with E-state index in [1.807, 2.05) is 0 Å². The van der Waals surface area contributed by atoms with E-state index >= 15 is 0 Å². The smallest absolute Gasteiger partial charge is 0.269 e. The number of hydrogen-bond acceptors (Lipinski definition) is 5. The van der Waals surface area contributed by atoms with Gasteiger partial charge in [0.15, 0.2) is 0 Å². The summed E-state index contributed by atoms with van der Waals surface area (Å²) < 4.78 is 34.0. The lowest BCUT2D eigenvalue weighted by Gasteiger charge is -2.46. The van der Waals surface area contributed by atoms with Crippen LogP contribution in [-0.4, -0.2) is 60.6 Å². The number of rotatable bonds is 7. The first-order chi connectivity index (χ1) is 17.1. The molecule has 2 aromatic rings. The lowest BCUT2D eigenvalue weighted by Crippen LogP contribution is -2.60. The van der Waals surface area contributed by atoms with E-state index in [2.05, 4.69) is 6.58 Å². The molecule has 12 heteroatoms. The molecule has 1 unspecified atom stereocenters. The summed E-state index contributed by atoms with van der Waals surface area (Å²) in [5.41, 5.74) is 0.659. The van der Waals surface area contributed by atoms with E-state index < -0.39 is 16.1 Å². The van der Waals surface area contributed by atoms with Crippen LogP contribution < -0.4 is 4.74 Å². The van der Waals surface area contributed by atoms with E-state index in [1.54, 1.807) is 18.2 Å². The molecule has 2 heterocycles. The fourth-order valence-electron chi connectivity index (χ4n) is 4.21. The highest BCUT2D eigenvalue weighted by molar-refractivity contribution is 7.89. The Hall–Kier alpha value is -2.72. The number of amides is 2. The van der Waals surface area contributed by atoms with Gasteiger partial charge in [-0.1, -0.05) is 46.9 Å². The maximum absolute atomic E-state index is 13.8. The highest BCUT2D eigenvalue weighted by atomic mass is 35.5. The molecule has 2 amide bonds. The van der Waals surface area contributed by atoms with E-state index in [0.29, 0.717) is 15.6 Å². The van der Waals surface area contributed by atoms with Gasteiger partial charge in [-0.15, -0.1) is 6.58 Å². The van der Waals surface area contributed by atoms with Crippen LogP contribution in [0, 0.1) is 0 Å². The number of halogens is 3. The highest BCUT2D eigenvalue weighted by Crippen LogP contribution is 2.37. The van der Waals surface area contributed by atoms with Crippen LogP contribution in [0.3, 0.4) is 0 Å². The second-order valence-electron chi connectivity index (χ2n) is 8.12. The number of ether oxygens (including phenoxy) is 1. The van der Waals surface area contributed by atoms with Gasteiger partial charge in [-0.05, 0) is 35.9 Å². The van der Waals surface area contributed by atoms with Crippen LogP contribution in [0.25, 0.3) is 0 Å². The number of sulfonamides is 1. The van der Waals surface area contributed by atoms with Crippen LogP contribution in [-0.2, 0) is 26.0 Å². The van der Waals surface area contributed by atoms with Crippen molar-refractivity contribution in [2.24, 2.45) is 0 Å². The average molecular weight is 571 g/mol. The lowest BCUT2D eigenvalue weighted by atomic mass is 10.0. The minimum atomic E-state index is -4.23. The van der Waals surface area contributed by atoms with Gasteiger partial charge in [0.05, 0.1) is 17.2 Å². The van der Waals surface area contributed by atoms with Gasteiger partial charge < -0.3 is 9.64 Å². The summed E-state index contributed by atoms with van der Waals surface area (Å²) in [5, 5.41) is 0.863. The van der Waals surface area contributed by atoms with E-state index in [4.69, 9.17) is 39.5 Å². The number of benzene rings is 2. The first-order valence-electron chi connectivity index (χ1n) is 10.8. The quantitative estimate of drug-likeness (QED) is 0.463. The Morgan fingerprint density at radius 1 is 1.11 bits per heavy atom. The minimum Gasteiger partial charge on any atom is -0.495 e. The Bertz CT molecular complexity index is 1380. The van der Waals surface area contributed by atoms with Gasteiger partial charge in [0.25, 0.3) is 15.9 Å². The van der Waals surface area contributed by atoms with Gasteiger partial charge in [-0.25, -0.2) is 12.7 Å². The molecule has 4 rings (SSSR count). The van der Waals surface area contributed by atoms with Crippen LogP contribution in [0.2, 0.25) is 15.1 Å². The van der Waals surface area contributed by atoms with Gasteiger partial charge in [0.2, 0.25) is 5.91 Å². The van der Waals surface area contributed by atoms with Gasteiger partial charge >= 0.3 is 0 Å². The average Bonchev–Trinajstić information content (AvgIpc) is 2.84. The van der Waals surface area contributed by atoms with Crippen LogP contribution in [0.1, 0.15) is 12.0 Å². The first kappa shape index (κ1) is 26.3. The van der Waals surface area contributed by atoms with Crippen molar-refractivity contribution in [1.82, 2.24) is 14.1 Å². The van der Waals surface area contributed by atoms with Crippen molar-refractivity contribution < 1.29 is 22.7 Å². The summed E-state index contributed by atoms with van der Waals surface area (Å²) in [7, 11) is -2.87. The topological polar surface area (TPSA) is 87.2 Å².